The first kappa shape index (κ1) is 11.3. The molecular formula is C10H21NOS. The summed E-state index contributed by atoms with van der Waals surface area (Å²) in [6, 6.07) is 0. The van der Waals surface area contributed by atoms with E-state index in [0.717, 1.165) is 11.9 Å². The van der Waals surface area contributed by atoms with E-state index in [1.165, 1.54) is 44.5 Å². The van der Waals surface area contributed by atoms with E-state index in [1.807, 2.05) is 0 Å². The Kier molecular flexibility index (Phi) is 6.68. The molecule has 1 aliphatic heterocycles. The Morgan fingerprint density at radius 2 is 2.38 bits per heavy atom. The van der Waals surface area contributed by atoms with Crippen LogP contribution in [-0.2, 0) is 4.74 Å². The van der Waals surface area contributed by atoms with Gasteiger partial charge >= 0.3 is 0 Å². The van der Waals surface area contributed by atoms with E-state index in [4.69, 9.17) is 4.74 Å². The van der Waals surface area contributed by atoms with E-state index in [2.05, 4.69) is 17.1 Å². The molecule has 0 aliphatic carbocycles. The molecule has 0 amide bonds. The molecule has 0 radical (unpaired) electrons. The van der Waals surface area contributed by atoms with E-state index >= 15 is 0 Å². The van der Waals surface area contributed by atoms with Crippen molar-refractivity contribution < 1.29 is 4.74 Å². The van der Waals surface area contributed by atoms with Gasteiger partial charge in [0.15, 0.2) is 0 Å². The van der Waals surface area contributed by atoms with Crippen LogP contribution in [0.25, 0.3) is 0 Å². The standard InChI is InChI=1S/C10H21NOS/c1-12-7-4-8-13-10-5-2-3-6-11-9-10/h10-11H,2-9H2,1H3. The molecule has 0 aromatic heterocycles. The Balaban J connectivity index is 1.98. The zero-order valence-electron chi connectivity index (χ0n) is 8.55. The highest BCUT2D eigenvalue weighted by Crippen LogP contribution is 2.19. The Bertz CT molecular complexity index is 113. The first-order chi connectivity index (χ1) is 6.43. The van der Waals surface area contributed by atoms with Crippen molar-refractivity contribution in [2.45, 2.75) is 30.9 Å². The summed E-state index contributed by atoms with van der Waals surface area (Å²) < 4.78 is 5.03. The van der Waals surface area contributed by atoms with Crippen LogP contribution in [0.5, 0.6) is 0 Å². The summed E-state index contributed by atoms with van der Waals surface area (Å²) in [6.07, 6.45) is 5.34. The van der Waals surface area contributed by atoms with Crippen molar-refractivity contribution in [1.82, 2.24) is 5.32 Å². The molecule has 1 unspecified atom stereocenters. The van der Waals surface area contributed by atoms with Gasteiger partial charge in [0.25, 0.3) is 0 Å². The highest BCUT2D eigenvalue weighted by Gasteiger charge is 2.11. The molecule has 1 saturated heterocycles. The maximum atomic E-state index is 5.03. The van der Waals surface area contributed by atoms with E-state index in [9.17, 15) is 0 Å². The zero-order chi connectivity index (χ0) is 9.36. The number of hydrogen-bond donors (Lipinski definition) is 1. The molecule has 1 atom stereocenters. The molecule has 3 heteroatoms. The molecule has 13 heavy (non-hydrogen) atoms. The zero-order valence-corrected chi connectivity index (χ0v) is 9.37. The average molecular weight is 203 g/mol. The van der Waals surface area contributed by atoms with Crippen molar-refractivity contribution >= 4 is 11.8 Å². The van der Waals surface area contributed by atoms with Crippen LogP contribution in [0.2, 0.25) is 0 Å². The van der Waals surface area contributed by atoms with Gasteiger partial charge in [0, 0.05) is 25.5 Å². The van der Waals surface area contributed by atoms with Crippen molar-refractivity contribution in [2.24, 2.45) is 0 Å². The van der Waals surface area contributed by atoms with E-state index in [-0.39, 0.29) is 0 Å². The van der Waals surface area contributed by atoms with Crippen molar-refractivity contribution in [3.63, 3.8) is 0 Å². The lowest BCUT2D eigenvalue weighted by Crippen LogP contribution is -2.22. The lowest BCUT2D eigenvalue weighted by molar-refractivity contribution is 0.200. The number of rotatable bonds is 5. The first-order valence-electron chi connectivity index (χ1n) is 5.24. The molecule has 0 bridgehead atoms. The third-order valence-corrected chi connectivity index (χ3v) is 3.75. The second-order valence-corrected chi connectivity index (χ2v) is 4.95. The lowest BCUT2D eigenvalue weighted by Gasteiger charge is -2.13. The fourth-order valence-electron chi connectivity index (χ4n) is 1.58. The fraction of sp³-hybridized carbons (Fsp3) is 1.00. The summed E-state index contributed by atoms with van der Waals surface area (Å²) in [6.45, 7) is 3.33. The van der Waals surface area contributed by atoms with Gasteiger partial charge in [0.05, 0.1) is 0 Å². The summed E-state index contributed by atoms with van der Waals surface area (Å²) in [5.74, 6) is 1.25. The minimum Gasteiger partial charge on any atom is -0.385 e. The van der Waals surface area contributed by atoms with Crippen molar-refractivity contribution in [3.8, 4) is 0 Å². The summed E-state index contributed by atoms with van der Waals surface area (Å²) in [5, 5.41) is 4.33. The Morgan fingerprint density at radius 3 is 3.23 bits per heavy atom. The molecule has 2 nitrogen and oxygen atoms in total. The molecule has 1 rings (SSSR count). The highest BCUT2D eigenvalue weighted by molar-refractivity contribution is 7.99. The third kappa shape index (κ3) is 5.55. The van der Waals surface area contributed by atoms with Crippen molar-refractivity contribution in [3.05, 3.63) is 0 Å². The summed E-state index contributed by atoms with van der Waals surface area (Å²) in [4.78, 5) is 0. The molecule has 1 fully saturated rings. The normalized spacial score (nSPS) is 24.2. The summed E-state index contributed by atoms with van der Waals surface area (Å²) in [5.41, 5.74) is 0. The van der Waals surface area contributed by atoms with Crippen LogP contribution in [0.4, 0.5) is 0 Å². The largest absolute Gasteiger partial charge is 0.385 e. The van der Waals surface area contributed by atoms with Crippen LogP contribution >= 0.6 is 11.8 Å². The molecular weight excluding hydrogens is 182 g/mol. The smallest absolute Gasteiger partial charge is 0.0470 e. The predicted octanol–water partition coefficient (Wildman–Crippen LogP) is 1.90. The molecule has 1 heterocycles. The van der Waals surface area contributed by atoms with Gasteiger partial charge < -0.3 is 10.1 Å². The molecule has 78 valence electrons. The van der Waals surface area contributed by atoms with Crippen molar-refractivity contribution in [1.29, 1.82) is 0 Å². The Hall–Kier alpha value is 0.270. The van der Waals surface area contributed by atoms with Gasteiger partial charge in [-0.3, -0.25) is 0 Å². The first-order valence-corrected chi connectivity index (χ1v) is 6.29. The van der Waals surface area contributed by atoms with Gasteiger partial charge in [-0.1, -0.05) is 6.42 Å². The van der Waals surface area contributed by atoms with Crippen LogP contribution in [-0.4, -0.2) is 37.8 Å². The predicted molar refractivity (Wildman–Crippen MR) is 59.5 cm³/mol. The average Bonchev–Trinajstić information content (AvgIpc) is 2.41. The van der Waals surface area contributed by atoms with Crippen LogP contribution in [0.3, 0.4) is 0 Å². The molecule has 1 aliphatic rings. The second kappa shape index (κ2) is 7.65. The number of methoxy groups -OCH3 is 1. The maximum absolute atomic E-state index is 5.03. The molecule has 0 spiro atoms. The van der Waals surface area contributed by atoms with E-state index < -0.39 is 0 Å². The quantitative estimate of drug-likeness (QED) is 0.690. The van der Waals surface area contributed by atoms with Crippen LogP contribution < -0.4 is 5.32 Å². The van der Waals surface area contributed by atoms with Gasteiger partial charge in [0.2, 0.25) is 0 Å². The maximum Gasteiger partial charge on any atom is 0.0470 e. The number of nitrogens with one attached hydrogen (secondary N) is 1. The Morgan fingerprint density at radius 1 is 1.46 bits per heavy atom. The minimum absolute atomic E-state index is 0.847. The molecule has 0 aromatic carbocycles. The van der Waals surface area contributed by atoms with Crippen LogP contribution in [0.15, 0.2) is 0 Å². The van der Waals surface area contributed by atoms with Crippen LogP contribution in [0, 0.1) is 0 Å². The molecule has 0 saturated carbocycles. The minimum atomic E-state index is 0.847. The van der Waals surface area contributed by atoms with E-state index in [0.29, 0.717) is 0 Å². The SMILES string of the molecule is COCCCSC1CCCCNC1. The monoisotopic (exact) mass is 203 g/mol. The Labute approximate surface area is 85.8 Å². The molecule has 1 N–H and O–H groups in total. The van der Waals surface area contributed by atoms with Crippen LogP contribution in [0.1, 0.15) is 25.7 Å². The molecule has 0 aromatic rings. The van der Waals surface area contributed by atoms with Gasteiger partial charge in [-0.05, 0) is 31.6 Å². The lowest BCUT2D eigenvalue weighted by atomic mass is 10.2. The van der Waals surface area contributed by atoms with Gasteiger partial charge in [-0.25, -0.2) is 0 Å². The summed E-state index contributed by atoms with van der Waals surface area (Å²) >= 11 is 2.11. The fourth-order valence-corrected chi connectivity index (χ4v) is 2.77. The van der Waals surface area contributed by atoms with Gasteiger partial charge in [0.1, 0.15) is 0 Å². The number of hydrogen-bond acceptors (Lipinski definition) is 3. The van der Waals surface area contributed by atoms with Gasteiger partial charge in [-0.2, -0.15) is 11.8 Å². The summed E-state index contributed by atoms with van der Waals surface area (Å²) in [7, 11) is 1.78. The number of ether oxygens (including phenoxy) is 1. The third-order valence-electron chi connectivity index (χ3n) is 2.35. The number of thioether (sulfide) groups is 1. The highest BCUT2D eigenvalue weighted by atomic mass is 32.2. The van der Waals surface area contributed by atoms with Gasteiger partial charge in [-0.15, -0.1) is 0 Å². The topological polar surface area (TPSA) is 21.3 Å². The van der Waals surface area contributed by atoms with Crippen molar-refractivity contribution in [2.75, 3.05) is 32.6 Å². The van der Waals surface area contributed by atoms with E-state index in [1.54, 1.807) is 7.11 Å². The second-order valence-electron chi connectivity index (χ2n) is 3.54.